The van der Waals surface area contributed by atoms with Crippen LogP contribution in [0.25, 0.3) is 0 Å². The second-order valence-electron chi connectivity index (χ2n) is 15.7. The predicted molar refractivity (Wildman–Crippen MR) is 188 cm³/mol. The Hall–Kier alpha value is -2.92. The quantitative estimate of drug-likeness (QED) is 0.234. The van der Waals surface area contributed by atoms with Crippen LogP contribution in [0.4, 0.5) is 0 Å². The molecule has 0 radical (unpaired) electrons. The van der Waals surface area contributed by atoms with Crippen molar-refractivity contribution < 1.29 is 29.3 Å². The number of hydrogen-bond donors (Lipinski definition) is 4. The van der Waals surface area contributed by atoms with Crippen molar-refractivity contribution in [1.29, 1.82) is 0 Å². The molecule has 0 spiro atoms. The number of carbonyl (C=O) groups is 2. The molecule has 0 aliphatic carbocycles. The van der Waals surface area contributed by atoms with Gasteiger partial charge < -0.3 is 30.3 Å². The normalized spacial score (nSPS) is 21.7. The minimum atomic E-state index is -0.285. The molecule has 0 saturated heterocycles. The van der Waals surface area contributed by atoms with Gasteiger partial charge in [0.25, 0.3) is 0 Å². The first-order chi connectivity index (χ1) is 21.7. The Morgan fingerprint density at radius 3 is 1.96 bits per heavy atom. The van der Waals surface area contributed by atoms with Crippen LogP contribution >= 0.6 is 0 Å². The monoisotopic (exact) mass is 658 g/mol. The van der Waals surface area contributed by atoms with E-state index in [2.05, 4.69) is 87.6 Å². The maximum Gasteiger partial charge on any atom is 0.306 e. The SMILES string of the molecule is C=C(O)/C1=C\C(C)NCC(C)(C)CN(CCC(=O)OC)Cc2cc(C(C)(C)C)cc(c2O)CNCC(C)(C)CN(CCC(=O)OC)C1. The Labute approximate surface area is 283 Å². The Morgan fingerprint density at radius 1 is 0.936 bits per heavy atom. The van der Waals surface area contributed by atoms with E-state index in [1.165, 1.54) is 14.2 Å². The standard InChI is InChI=1S/C37H62N4O6/c1-26-16-29(27(2)42)20-40(14-12-32(43)46-10)24-36(6,7)22-38-19-28-17-31(35(3,4)5)18-30(34(28)45)21-41(15-13-33(44)47-11)25-37(8,9)23-39-26/h16-18,26,38-39,42,45H,2,12-15,19-25H2,1,3-11H3/b29-16-. The van der Waals surface area contributed by atoms with Gasteiger partial charge in [-0.3, -0.25) is 19.4 Å². The topological polar surface area (TPSA) is 124 Å². The van der Waals surface area contributed by atoms with Gasteiger partial charge in [-0.15, -0.1) is 0 Å². The van der Waals surface area contributed by atoms with E-state index in [0.29, 0.717) is 64.5 Å². The molecule has 10 nitrogen and oxygen atoms in total. The molecule has 4 N–H and O–H groups in total. The number of methoxy groups -OCH3 is 2. The first-order valence-electron chi connectivity index (χ1n) is 16.7. The molecule has 1 aliphatic rings. The van der Waals surface area contributed by atoms with Gasteiger partial charge in [0, 0.05) is 81.6 Å². The van der Waals surface area contributed by atoms with Gasteiger partial charge in [0.1, 0.15) is 11.5 Å². The van der Waals surface area contributed by atoms with Gasteiger partial charge in [-0.25, -0.2) is 0 Å². The number of phenolic OH excluding ortho intramolecular Hbond substituents is 1. The van der Waals surface area contributed by atoms with Crippen LogP contribution in [0.5, 0.6) is 5.75 Å². The summed E-state index contributed by atoms with van der Waals surface area (Å²) >= 11 is 0. The summed E-state index contributed by atoms with van der Waals surface area (Å²) in [5, 5.41) is 29.4. The average Bonchev–Trinajstić information content (AvgIpc) is 2.97. The molecule has 266 valence electrons. The summed E-state index contributed by atoms with van der Waals surface area (Å²) in [6.45, 7) is 26.0. The number of nitrogens with one attached hydrogen (secondary N) is 2. The molecule has 2 bridgehead atoms. The summed E-state index contributed by atoms with van der Waals surface area (Å²) < 4.78 is 9.87. The lowest BCUT2D eigenvalue weighted by Gasteiger charge is -2.34. The third kappa shape index (κ3) is 14.0. The van der Waals surface area contributed by atoms with Gasteiger partial charge in [-0.2, -0.15) is 0 Å². The van der Waals surface area contributed by atoms with E-state index in [9.17, 15) is 19.8 Å². The highest BCUT2D eigenvalue weighted by Gasteiger charge is 2.28. The first-order valence-corrected chi connectivity index (χ1v) is 16.7. The molecule has 1 unspecified atom stereocenters. The number of carbonyl (C=O) groups excluding carboxylic acids is 2. The van der Waals surface area contributed by atoms with Crippen molar-refractivity contribution in [2.45, 2.75) is 92.8 Å². The number of esters is 2. The molecular weight excluding hydrogens is 596 g/mol. The van der Waals surface area contributed by atoms with E-state index >= 15 is 0 Å². The lowest BCUT2D eigenvalue weighted by Crippen LogP contribution is -2.43. The van der Waals surface area contributed by atoms with Gasteiger partial charge in [0.15, 0.2) is 0 Å². The van der Waals surface area contributed by atoms with Crippen molar-refractivity contribution in [2.75, 3.05) is 60.0 Å². The number of nitrogens with zero attached hydrogens (tertiary/aromatic N) is 2. The summed E-state index contributed by atoms with van der Waals surface area (Å²) in [7, 11) is 2.79. The van der Waals surface area contributed by atoms with Crippen molar-refractivity contribution in [3.63, 3.8) is 0 Å². The van der Waals surface area contributed by atoms with Gasteiger partial charge in [0.05, 0.1) is 27.1 Å². The fourth-order valence-electron chi connectivity index (χ4n) is 5.96. The summed E-state index contributed by atoms with van der Waals surface area (Å²) in [6.07, 6.45) is 2.47. The van der Waals surface area contributed by atoms with Crippen LogP contribution in [0.2, 0.25) is 0 Å². The predicted octanol–water partition coefficient (Wildman–Crippen LogP) is 5.05. The largest absolute Gasteiger partial charge is 0.508 e. The number of aliphatic hydroxyl groups excluding tert-OH is 1. The number of aliphatic hydroxyl groups is 1. The highest BCUT2D eigenvalue weighted by molar-refractivity contribution is 5.69. The van der Waals surface area contributed by atoms with E-state index in [1.807, 2.05) is 13.0 Å². The highest BCUT2D eigenvalue weighted by atomic mass is 16.5. The molecule has 1 atom stereocenters. The van der Waals surface area contributed by atoms with Crippen LogP contribution in [0, 0.1) is 10.8 Å². The molecule has 2 rings (SSSR count). The number of aromatic hydroxyl groups is 1. The molecule has 0 saturated carbocycles. The van der Waals surface area contributed by atoms with E-state index in [-0.39, 0.29) is 58.6 Å². The molecule has 0 amide bonds. The molecule has 1 aliphatic heterocycles. The fraction of sp³-hybridized carbons (Fsp3) is 0.676. The van der Waals surface area contributed by atoms with E-state index in [1.54, 1.807) is 0 Å². The number of benzene rings is 1. The summed E-state index contributed by atoms with van der Waals surface area (Å²) in [6, 6.07) is 4.10. The van der Waals surface area contributed by atoms with Crippen LogP contribution < -0.4 is 10.6 Å². The lowest BCUT2D eigenvalue weighted by atomic mass is 9.84. The van der Waals surface area contributed by atoms with Crippen LogP contribution in [0.15, 0.2) is 36.1 Å². The van der Waals surface area contributed by atoms with E-state index < -0.39 is 0 Å². The zero-order valence-corrected chi connectivity index (χ0v) is 30.7. The van der Waals surface area contributed by atoms with Crippen molar-refractivity contribution >= 4 is 11.9 Å². The Balaban J connectivity index is 2.58. The molecule has 0 aromatic heterocycles. The number of phenols is 1. The fourth-order valence-corrected chi connectivity index (χ4v) is 5.96. The molecule has 10 heteroatoms. The van der Waals surface area contributed by atoms with E-state index in [4.69, 9.17) is 9.47 Å². The second-order valence-corrected chi connectivity index (χ2v) is 15.7. The Kier molecular flexibility index (Phi) is 15.0. The maximum atomic E-state index is 12.2. The van der Waals surface area contributed by atoms with E-state index in [0.717, 1.165) is 16.7 Å². The van der Waals surface area contributed by atoms with Gasteiger partial charge in [0.2, 0.25) is 0 Å². The van der Waals surface area contributed by atoms with Crippen molar-refractivity contribution in [3.8, 4) is 5.75 Å². The highest BCUT2D eigenvalue weighted by Crippen LogP contribution is 2.33. The van der Waals surface area contributed by atoms with Gasteiger partial charge in [-0.05, 0) is 28.7 Å². The van der Waals surface area contributed by atoms with Crippen LogP contribution in [0.3, 0.4) is 0 Å². The number of fused-ring (bicyclic) bond motifs is 2. The van der Waals surface area contributed by atoms with Crippen molar-refractivity contribution in [1.82, 2.24) is 20.4 Å². The first kappa shape index (κ1) is 40.3. The van der Waals surface area contributed by atoms with Gasteiger partial charge in [-0.1, -0.05) is 73.3 Å². The summed E-state index contributed by atoms with van der Waals surface area (Å²) in [4.78, 5) is 28.6. The van der Waals surface area contributed by atoms with Crippen molar-refractivity contribution in [3.05, 3.63) is 52.8 Å². The number of ether oxygens (including phenoxy) is 2. The lowest BCUT2D eigenvalue weighted by molar-refractivity contribution is -0.142. The van der Waals surface area contributed by atoms with Crippen LogP contribution in [0.1, 0.15) is 84.9 Å². The average molecular weight is 659 g/mol. The second kappa shape index (κ2) is 17.5. The minimum Gasteiger partial charge on any atom is -0.508 e. The van der Waals surface area contributed by atoms with Crippen LogP contribution in [-0.2, 0) is 37.6 Å². The summed E-state index contributed by atoms with van der Waals surface area (Å²) in [5.74, 6) is -0.287. The van der Waals surface area contributed by atoms with Crippen LogP contribution in [-0.4, -0.2) is 98.0 Å². The third-order valence-electron chi connectivity index (χ3n) is 8.59. The Morgan fingerprint density at radius 2 is 1.45 bits per heavy atom. The molecule has 1 heterocycles. The third-order valence-corrected chi connectivity index (χ3v) is 8.59. The zero-order chi connectivity index (χ0) is 35.6. The Bertz CT molecular complexity index is 1250. The molecule has 1 aromatic rings. The molecular formula is C37H62N4O6. The molecule has 47 heavy (non-hydrogen) atoms. The minimum absolute atomic E-state index is 0.00110. The molecule has 0 fully saturated rings. The maximum absolute atomic E-state index is 12.2. The van der Waals surface area contributed by atoms with Crippen molar-refractivity contribution in [2.24, 2.45) is 10.8 Å². The van der Waals surface area contributed by atoms with Gasteiger partial charge >= 0.3 is 11.9 Å². The number of rotatable bonds is 7. The zero-order valence-electron chi connectivity index (χ0n) is 30.7. The smallest absolute Gasteiger partial charge is 0.306 e. The number of hydrogen-bond acceptors (Lipinski definition) is 10. The molecule has 1 aromatic carbocycles. The summed E-state index contributed by atoms with van der Waals surface area (Å²) in [5.41, 5.74) is 2.92.